The van der Waals surface area contributed by atoms with E-state index in [1.54, 1.807) is 0 Å². The minimum absolute atomic E-state index is 0.0302. The van der Waals surface area contributed by atoms with Gasteiger partial charge < -0.3 is 0 Å². The summed E-state index contributed by atoms with van der Waals surface area (Å²) in [6.45, 7) is 14.9. The van der Waals surface area contributed by atoms with Gasteiger partial charge in [0.2, 0.25) is 0 Å². The van der Waals surface area contributed by atoms with Crippen LogP contribution in [0, 0.1) is 0 Å². The van der Waals surface area contributed by atoms with Crippen molar-refractivity contribution >= 4 is 126 Å². The predicted molar refractivity (Wildman–Crippen MR) is 466 cm³/mol. The first-order chi connectivity index (χ1) is 64.7. The van der Waals surface area contributed by atoms with E-state index in [9.17, 15) is 30.2 Å². The molecule has 20 rings (SSSR count). The molecule has 5 heterocycles. The quantitative estimate of drug-likeness (QED) is 0.134. The number of benzene rings is 15. The summed E-state index contributed by atoms with van der Waals surface area (Å²) >= 11 is -1.57. The molecule has 1 aromatic heterocycles. The van der Waals surface area contributed by atoms with E-state index in [0.717, 1.165) is 15.7 Å². The average Bonchev–Trinajstić information content (AvgIpc) is 1.37. The van der Waals surface area contributed by atoms with Crippen LogP contribution < -0.4 is 56.2 Å². The van der Waals surface area contributed by atoms with Crippen molar-refractivity contribution in [3.8, 4) is 83.9 Å². The van der Waals surface area contributed by atoms with Crippen LogP contribution in [0.1, 0.15) is 117 Å². The zero-order chi connectivity index (χ0) is 98.1. The van der Waals surface area contributed by atoms with Gasteiger partial charge in [0.15, 0.2) is 0 Å². The number of ether oxygens (including phenoxy) is 1. The van der Waals surface area contributed by atoms with Gasteiger partial charge in [0.05, 0.1) is 11.0 Å². The number of anilines is 6. The van der Waals surface area contributed by atoms with Crippen molar-refractivity contribution in [2.45, 2.75) is 78.6 Å². The molecule has 4 aliphatic rings. The zero-order valence-electron chi connectivity index (χ0n) is 88.8. The Labute approximate surface area is 686 Å². The molecule has 15 aromatic carbocycles. The fourth-order valence-electron chi connectivity index (χ4n) is 15.9. The summed E-state index contributed by atoms with van der Waals surface area (Å²) in [7, 11) is 0. The van der Waals surface area contributed by atoms with Crippen molar-refractivity contribution < 1.29 is 43.1 Å². The topological polar surface area (TPSA) is 20.6 Å². The van der Waals surface area contributed by atoms with Crippen molar-refractivity contribution in [2.75, 3.05) is 9.80 Å². The Balaban J connectivity index is 1.07. The summed E-state index contributed by atoms with van der Waals surface area (Å²) in [5.41, 5.74) is 1.23. The molecule has 0 spiro atoms. The molecule has 0 fully saturated rings. The third kappa shape index (κ3) is 10.9. The number of hydrogen-bond acceptors (Lipinski definition) is 3. The van der Waals surface area contributed by atoms with E-state index in [-0.39, 0.29) is 59.6 Å². The monoisotopic (exact) mass is 1490 g/mol. The first kappa shape index (κ1) is 43.2. The number of rotatable bonds is 9. The Morgan fingerprint density at radius 3 is 1.24 bits per heavy atom. The molecule has 0 unspecified atom stereocenters. The molecule has 0 N–H and O–H groups in total. The van der Waals surface area contributed by atoms with Crippen LogP contribution in [0.2, 0.25) is 0 Å². The molecular formula is C102H81B2N3OSe. The standard InChI is InChI=1S/C102H81B2N3OSe/c1-100(2,3)72-56-78(66-36-20-12-21-37-66)97(79(57-72)67-38-22-13-23-39-67)106-87-62-75(105-85-46-30-28-44-76(85)77-45-29-31-47-86(77)105)50-51-82(87)104-94-88(106)60-74(102(7,8)9)61-89(94)107(98-80(68-40-24-14-25-41-68)58-73(101(4,5)6)59-81(98)69-42-26-15-27-43-69)90-63-93-96-99(95(90)104)108-91-52-48-70(64-32-16-10-17-33-64)54-83(91)103(96)84-55-71(49-53-92(84)109-93)65-34-18-11-19-35-65/h10-63H,1-9H3/i10D,11D,16D,17D,18D,19D,28D,29D,30D,31D,32D,33D,34D,35D,44D,45D,46D,47D,48D,49D,50D,51D,52D,53D,54D,55D,62D,63D. The van der Waals surface area contributed by atoms with Crippen molar-refractivity contribution in [2.24, 2.45) is 0 Å². The molecule has 0 atom stereocenters. The Hall–Kier alpha value is -11.9. The molecule has 522 valence electrons. The first-order valence-corrected chi connectivity index (χ1v) is 37.9. The molecule has 0 saturated carbocycles. The summed E-state index contributed by atoms with van der Waals surface area (Å²) in [5.74, 6) is -0.916. The summed E-state index contributed by atoms with van der Waals surface area (Å²) in [6, 6.07) is 28.6. The number of para-hydroxylation sites is 2. The molecule has 4 nitrogen and oxygen atoms in total. The average molecular weight is 1490 g/mol. The summed E-state index contributed by atoms with van der Waals surface area (Å²) in [4.78, 5) is 3.87. The van der Waals surface area contributed by atoms with E-state index in [1.807, 2.05) is 164 Å². The second-order valence-corrected chi connectivity index (χ2v) is 33.1. The molecule has 16 aromatic rings. The van der Waals surface area contributed by atoms with Gasteiger partial charge >= 0.3 is 580 Å². The summed E-state index contributed by atoms with van der Waals surface area (Å²) in [6.07, 6.45) is 0. The van der Waals surface area contributed by atoms with Crippen LogP contribution in [0.15, 0.2) is 327 Å². The van der Waals surface area contributed by atoms with Gasteiger partial charge in [-0.05, 0) is 5.41 Å². The van der Waals surface area contributed by atoms with E-state index in [4.69, 9.17) is 13.0 Å². The molecule has 0 amide bonds. The molecule has 4 aliphatic heterocycles. The molecule has 0 radical (unpaired) electrons. The first-order valence-electron chi connectivity index (χ1n) is 50.2. The molecule has 0 bridgehead atoms. The van der Waals surface area contributed by atoms with E-state index < -0.39 is 269 Å². The van der Waals surface area contributed by atoms with Gasteiger partial charge in [-0.15, -0.1) is 0 Å². The molecule has 0 saturated heterocycles. The Morgan fingerprint density at radius 2 is 0.761 bits per heavy atom. The van der Waals surface area contributed by atoms with Gasteiger partial charge in [0, 0.05) is 0 Å². The predicted octanol–water partition coefficient (Wildman–Crippen LogP) is 21.4. The Bertz CT molecular complexity index is 7800. The van der Waals surface area contributed by atoms with Crippen molar-refractivity contribution in [1.29, 1.82) is 0 Å². The molecule has 7 heteroatoms. The SMILES string of the molecule is [2H]c1c([2H])c([2H])c(-c2c([2H])c([2H])c3c(c2[2H])B2c4c([2H])c(-c5c([2H])c([2H])c([2H])c([2H])c5[2H])c([2H])c([2H])c4[Se]c4c([2H])c5c(c(c42)O3)B2c3c(cc(C(C)(C)C)cc3N5c3c(-c4ccccc4)cc(C(C)(C)C)cc3-c3ccccc3)N(c3c(-c4ccccc4)cc(C(C)(C)C)cc3-c3ccccc3)c3c([2H])c(-n4c5c([2H])c([2H])c([2H])c([2H])c5c5c([2H])c([2H])c([2H])c([2H])c54)c([2H])c([2H])c32)c([2H])c1[2H]. The van der Waals surface area contributed by atoms with Crippen LogP contribution in [0.5, 0.6) is 11.5 Å². The number of hydrogen-bond donors (Lipinski definition) is 0. The third-order valence-corrected chi connectivity index (χ3v) is 23.4. The fourth-order valence-corrected chi connectivity index (χ4v) is 18.1. The second kappa shape index (κ2) is 25.4. The molecule has 0 aliphatic carbocycles. The Kier molecular flexibility index (Phi) is 10.1. The Morgan fingerprint density at radius 1 is 0.330 bits per heavy atom. The van der Waals surface area contributed by atoms with Crippen molar-refractivity contribution in [1.82, 2.24) is 4.57 Å². The van der Waals surface area contributed by atoms with Crippen LogP contribution in [0.4, 0.5) is 34.1 Å². The van der Waals surface area contributed by atoms with Crippen LogP contribution in [-0.2, 0) is 16.2 Å². The second-order valence-electron chi connectivity index (χ2n) is 30.9. The van der Waals surface area contributed by atoms with Gasteiger partial charge in [0.25, 0.3) is 0 Å². The van der Waals surface area contributed by atoms with Crippen molar-refractivity contribution in [3.63, 3.8) is 0 Å². The number of aromatic nitrogens is 1. The van der Waals surface area contributed by atoms with Gasteiger partial charge in [-0.3, -0.25) is 0 Å². The van der Waals surface area contributed by atoms with Crippen molar-refractivity contribution in [3.05, 3.63) is 344 Å². The van der Waals surface area contributed by atoms with E-state index in [2.05, 4.69) is 65.8 Å². The maximum atomic E-state index is 12.2. The van der Waals surface area contributed by atoms with E-state index >= 15 is 0 Å². The van der Waals surface area contributed by atoms with Gasteiger partial charge in [-0.2, -0.15) is 0 Å². The third-order valence-electron chi connectivity index (χ3n) is 21.2. The van der Waals surface area contributed by atoms with Crippen LogP contribution in [0.25, 0.3) is 94.3 Å². The number of fused-ring (bicyclic) bond motifs is 12. The van der Waals surface area contributed by atoms with E-state index in [1.165, 1.54) is 0 Å². The van der Waals surface area contributed by atoms with E-state index in [0.29, 0.717) is 72.6 Å². The normalized spacial score (nSPS) is 16.9. The molecule has 109 heavy (non-hydrogen) atoms. The van der Waals surface area contributed by atoms with Gasteiger partial charge in [-0.1, -0.05) is 93.4 Å². The minimum atomic E-state index is -1.91. The summed E-state index contributed by atoms with van der Waals surface area (Å²) in [5, 5.41) is -0.786. The maximum absolute atomic E-state index is 12.2. The number of nitrogens with zero attached hydrogens (tertiary/aromatic N) is 3. The summed E-state index contributed by atoms with van der Waals surface area (Å²) < 4.78 is 289. The van der Waals surface area contributed by atoms with Gasteiger partial charge in [-0.25, -0.2) is 0 Å². The van der Waals surface area contributed by atoms with Crippen LogP contribution in [0.3, 0.4) is 0 Å². The van der Waals surface area contributed by atoms with Crippen LogP contribution >= 0.6 is 0 Å². The zero-order valence-corrected chi connectivity index (χ0v) is 62.5. The van der Waals surface area contributed by atoms with Crippen LogP contribution in [-0.4, -0.2) is 32.9 Å². The fraction of sp³-hybridized carbons (Fsp3) is 0.118. The van der Waals surface area contributed by atoms with Gasteiger partial charge in [0.1, 0.15) is 0 Å². The molecular weight excluding hydrogens is 1380 g/mol.